The first kappa shape index (κ1) is 26.7. The summed E-state index contributed by atoms with van der Waals surface area (Å²) in [5.74, 6) is 3.54. The highest BCUT2D eigenvalue weighted by Gasteiger charge is 2.65. The molecule has 0 saturated heterocycles. The first-order valence-electron chi connectivity index (χ1n) is 14.4. The zero-order valence-corrected chi connectivity index (χ0v) is 24.0. The van der Waals surface area contributed by atoms with Crippen molar-refractivity contribution in [1.29, 1.82) is 0 Å². The summed E-state index contributed by atoms with van der Waals surface area (Å²) >= 11 is 0. The second-order valence-electron chi connectivity index (χ2n) is 14.2. The van der Waals surface area contributed by atoms with Crippen molar-refractivity contribution >= 4 is 14.3 Å². The monoisotopic (exact) mass is 492 g/mol. The summed E-state index contributed by atoms with van der Waals surface area (Å²) in [6.45, 7) is 16.9. The van der Waals surface area contributed by atoms with Crippen LogP contribution in [0.2, 0.25) is 19.6 Å². The Bertz CT molecular complexity index is 749. The van der Waals surface area contributed by atoms with Gasteiger partial charge in [-0.25, -0.2) is 0 Å². The van der Waals surface area contributed by atoms with Gasteiger partial charge in [-0.3, -0.25) is 4.79 Å². The van der Waals surface area contributed by atoms with E-state index in [9.17, 15) is 15.0 Å². The van der Waals surface area contributed by atoms with Crippen LogP contribution in [0.4, 0.5) is 0 Å². The number of carbonyl (C=O) groups is 1. The van der Waals surface area contributed by atoms with E-state index in [-0.39, 0.29) is 6.10 Å². The molecule has 0 aromatic carbocycles. The molecule has 5 heteroatoms. The molecular weight excluding hydrogens is 440 g/mol. The van der Waals surface area contributed by atoms with Crippen LogP contribution in [0.25, 0.3) is 0 Å². The van der Waals surface area contributed by atoms with E-state index in [1.54, 1.807) is 0 Å². The van der Waals surface area contributed by atoms with Crippen LogP contribution in [-0.4, -0.2) is 36.7 Å². The topological polar surface area (TPSA) is 66.8 Å². The molecule has 4 nitrogen and oxygen atoms in total. The summed E-state index contributed by atoms with van der Waals surface area (Å²) in [6, 6.07) is 0. The maximum atomic E-state index is 11.3. The molecule has 2 unspecified atom stereocenters. The summed E-state index contributed by atoms with van der Waals surface area (Å²) in [7, 11) is -1.74. The number of aliphatic hydroxyl groups is 1. The van der Waals surface area contributed by atoms with Crippen molar-refractivity contribution in [2.45, 2.75) is 124 Å². The lowest BCUT2D eigenvalue weighted by Crippen LogP contribution is -2.63. The Kier molecular flexibility index (Phi) is 7.44. The minimum absolute atomic E-state index is 0.143. The maximum Gasteiger partial charge on any atom is 0.303 e. The third-order valence-corrected chi connectivity index (χ3v) is 12.4. The Labute approximate surface area is 209 Å². The van der Waals surface area contributed by atoms with E-state index in [4.69, 9.17) is 4.43 Å². The summed E-state index contributed by atoms with van der Waals surface area (Å²) < 4.78 is 7.19. The highest BCUT2D eigenvalue weighted by Crippen LogP contribution is 2.70. The van der Waals surface area contributed by atoms with Gasteiger partial charge in [0, 0.05) is 6.42 Å². The number of fused-ring (bicyclic) bond motifs is 5. The van der Waals surface area contributed by atoms with Crippen LogP contribution in [0.15, 0.2) is 0 Å². The first-order chi connectivity index (χ1) is 15.8. The number of rotatable bonds is 7. The zero-order chi connectivity index (χ0) is 25.1. The molecule has 0 aliphatic heterocycles. The maximum absolute atomic E-state index is 11.3. The molecular formula is C29H52O4Si. The Hall–Kier alpha value is -0.393. The quantitative estimate of drug-likeness (QED) is 0.376. The van der Waals surface area contributed by atoms with Gasteiger partial charge in [0.25, 0.3) is 0 Å². The van der Waals surface area contributed by atoms with Gasteiger partial charge < -0.3 is 14.6 Å². The number of aliphatic hydroxyl groups excluding tert-OH is 1. The van der Waals surface area contributed by atoms with E-state index in [1.165, 1.54) is 25.7 Å². The van der Waals surface area contributed by atoms with E-state index in [1.807, 2.05) is 0 Å². The van der Waals surface area contributed by atoms with Gasteiger partial charge >= 0.3 is 5.97 Å². The van der Waals surface area contributed by atoms with Crippen LogP contribution in [0.1, 0.15) is 91.9 Å². The number of carboxylic acid groups (broad SMARTS) is 1. The van der Waals surface area contributed by atoms with Gasteiger partial charge in [-0.15, -0.1) is 0 Å². The molecule has 11 atom stereocenters. The van der Waals surface area contributed by atoms with E-state index in [0.717, 1.165) is 32.1 Å². The fourth-order valence-corrected chi connectivity index (χ4v) is 11.2. The second-order valence-corrected chi connectivity index (χ2v) is 18.7. The van der Waals surface area contributed by atoms with Crippen LogP contribution in [0.5, 0.6) is 0 Å². The minimum atomic E-state index is -1.74. The number of aliphatic carboxylic acids is 1. The first-order valence-corrected chi connectivity index (χ1v) is 17.8. The predicted molar refractivity (Wildman–Crippen MR) is 140 cm³/mol. The molecule has 0 aromatic heterocycles. The molecule has 0 bridgehead atoms. The van der Waals surface area contributed by atoms with E-state index in [0.29, 0.717) is 64.8 Å². The van der Waals surface area contributed by atoms with Crippen LogP contribution in [0, 0.1) is 52.3 Å². The average molecular weight is 493 g/mol. The lowest BCUT2D eigenvalue weighted by molar-refractivity contribution is -0.198. The van der Waals surface area contributed by atoms with E-state index < -0.39 is 14.3 Å². The zero-order valence-electron chi connectivity index (χ0n) is 23.0. The van der Waals surface area contributed by atoms with Gasteiger partial charge in [0.1, 0.15) is 0 Å². The number of carboxylic acids is 1. The van der Waals surface area contributed by atoms with Crippen LogP contribution < -0.4 is 0 Å². The lowest BCUT2D eigenvalue weighted by Gasteiger charge is -2.66. The Morgan fingerprint density at radius 1 is 1.03 bits per heavy atom. The molecule has 34 heavy (non-hydrogen) atoms. The standard InChI is InChI=1S/C29H52O4Si/c1-8-20-24-17-19(30)13-15-29(24,4)23-14-16-28(3)21(18(2)9-12-25(31)32)10-11-22(28)26(23)27(20)33-34(5,6)7/h18-24,26-27,30H,8-17H2,1-7H3,(H,31,32)/t18-,19-,20-,21?,22+,23+,24+,26+,27-,28?,29-/m1/s1. The summed E-state index contributed by atoms with van der Waals surface area (Å²) in [5.41, 5.74) is 0.619. The third kappa shape index (κ3) is 4.56. The van der Waals surface area contributed by atoms with Gasteiger partial charge in [0.15, 0.2) is 8.32 Å². The van der Waals surface area contributed by atoms with Gasteiger partial charge in [-0.2, -0.15) is 0 Å². The highest BCUT2D eigenvalue weighted by molar-refractivity contribution is 6.69. The number of hydrogen-bond donors (Lipinski definition) is 2. The minimum Gasteiger partial charge on any atom is -0.481 e. The van der Waals surface area contributed by atoms with Gasteiger partial charge in [-0.1, -0.05) is 34.1 Å². The molecule has 4 fully saturated rings. The summed E-state index contributed by atoms with van der Waals surface area (Å²) in [4.78, 5) is 11.3. The van der Waals surface area contributed by atoms with Crippen molar-refractivity contribution < 1.29 is 19.4 Å². The highest BCUT2D eigenvalue weighted by atomic mass is 28.4. The normalized spacial score (nSPS) is 47.4. The molecule has 0 amide bonds. The molecule has 4 aliphatic rings. The molecule has 0 radical (unpaired) electrons. The fourth-order valence-electron chi connectivity index (χ4n) is 10.0. The molecule has 0 heterocycles. The van der Waals surface area contributed by atoms with Crippen molar-refractivity contribution in [1.82, 2.24) is 0 Å². The predicted octanol–water partition coefficient (Wildman–Crippen LogP) is 6.97. The summed E-state index contributed by atoms with van der Waals surface area (Å²) in [6.07, 6.45) is 10.6. The SMILES string of the molecule is CC[C@H]1[C@@H](O[Si](C)(C)C)[C@H]2[C@@H]3CCC([C@H](C)CCC(=O)O)C3(C)CC[C@@H]2[C@@]2(C)CC[C@@H](O)C[C@@H]12. The molecule has 4 aliphatic carbocycles. The van der Waals surface area contributed by atoms with Crippen LogP contribution in [-0.2, 0) is 9.22 Å². The van der Waals surface area contributed by atoms with Gasteiger partial charge in [0.2, 0.25) is 0 Å². The van der Waals surface area contributed by atoms with Crippen molar-refractivity contribution in [3.05, 3.63) is 0 Å². The molecule has 2 N–H and O–H groups in total. The molecule has 0 spiro atoms. The average Bonchev–Trinajstić information content (AvgIpc) is 3.09. The van der Waals surface area contributed by atoms with Crippen molar-refractivity contribution in [3.8, 4) is 0 Å². The summed E-state index contributed by atoms with van der Waals surface area (Å²) in [5, 5.41) is 20.0. The lowest BCUT2D eigenvalue weighted by atomic mass is 9.41. The molecule has 4 rings (SSSR count). The molecule has 0 aromatic rings. The van der Waals surface area contributed by atoms with E-state index in [2.05, 4.69) is 47.3 Å². The van der Waals surface area contributed by atoms with Gasteiger partial charge in [-0.05, 0) is 123 Å². The van der Waals surface area contributed by atoms with Crippen LogP contribution in [0.3, 0.4) is 0 Å². The largest absolute Gasteiger partial charge is 0.481 e. The Balaban J connectivity index is 1.70. The van der Waals surface area contributed by atoms with Crippen molar-refractivity contribution in [2.75, 3.05) is 0 Å². The van der Waals surface area contributed by atoms with Gasteiger partial charge in [0.05, 0.1) is 12.2 Å². The fraction of sp³-hybridized carbons (Fsp3) is 0.966. The molecule has 196 valence electrons. The van der Waals surface area contributed by atoms with E-state index >= 15 is 0 Å². The Morgan fingerprint density at radius 2 is 1.68 bits per heavy atom. The van der Waals surface area contributed by atoms with Crippen LogP contribution >= 0.6 is 0 Å². The Morgan fingerprint density at radius 3 is 2.29 bits per heavy atom. The number of hydrogen-bond acceptors (Lipinski definition) is 3. The second kappa shape index (κ2) is 9.48. The smallest absolute Gasteiger partial charge is 0.303 e. The molecule has 4 saturated carbocycles. The third-order valence-electron chi connectivity index (χ3n) is 11.4. The van der Waals surface area contributed by atoms with Crippen molar-refractivity contribution in [3.63, 3.8) is 0 Å². The van der Waals surface area contributed by atoms with Crippen molar-refractivity contribution in [2.24, 2.45) is 52.3 Å².